The Balaban J connectivity index is 1.78. The first-order valence-electron chi connectivity index (χ1n) is 6.19. The monoisotopic (exact) mass is 250 g/mol. The summed E-state index contributed by atoms with van der Waals surface area (Å²) in [5.74, 6) is -0.0685. The number of piperidine rings is 1. The van der Waals surface area contributed by atoms with E-state index in [1.807, 2.05) is 19.2 Å². The summed E-state index contributed by atoms with van der Waals surface area (Å²) >= 11 is 0. The molecule has 0 spiro atoms. The molecule has 6 heteroatoms. The Labute approximate surface area is 106 Å². The molecule has 1 saturated heterocycles. The number of hydrogen-bond donors (Lipinski definition) is 2. The molecule has 0 unspecified atom stereocenters. The molecule has 0 aliphatic carbocycles. The summed E-state index contributed by atoms with van der Waals surface area (Å²) < 4.78 is 1.79. The van der Waals surface area contributed by atoms with Crippen molar-refractivity contribution in [2.45, 2.75) is 32.4 Å². The van der Waals surface area contributed by atoms with Crippen LogP contribution in [0, 0.1) is 5.92 Å². The minimum Gasteiger partial charge on any atom is -0.355 e. The molecule has 1 aliphatic rings. The number of nitrogens with zero attached hydrogens (tertiary/aromatic N) is 2. The van der Waals surface area contributed by atoms with E-state index in [9.17, 15) is 9.59 Å². The Bertz CT molecular complexity index is 406. The summed E-state index contributed by atoms with van der Waals surface area (Å²) in [6, 6.07) is 1.88. The topological polar surface area (TPSA) is 76.0 Å². The fourth-order valence-corrected chi connectivity index (χ4v) is 2.05. The van der Waals surface area contributed by atoms with Crippen molar-refractivity contribution in [3.63, 3.8) is 0 Å². The molecule has 0 saturated carbocycles. The van der Waals surface area contributed by atoms with Gasteiger partial charge in [0.15, 0.2) is 0 Å². The van der Waals surface area contributed by atoms with Gasteiger partial charge >= 0.3 is 0 Å². The molecule has 2 amide bonds. The molecule has 0 bridgehead atoms. The largest absolute Gasteiger partial charge is 0.355 e. The molecule has 0 aromatic carbocycles. The van der Waals surface area contributed by atoms with E-state index in [0.29, 0.717) is 25.9 Å². The highest BCUT2D eigenvalue weighted by atomic mass is 16.2. The smallest absolute Gasteiger partial charge is 0.225 e. The van der Waals surface area contributed by atoms with Gasteiger partial charge in [-0.05, 0) is 19.4 Å². The van der Waals surface area contributed by atoms with Crippen LogP contribution in [0.25, 0.3) is 0 Å². The normalized spacial score (nSPS) is 21.2. The first-order valence-corrected chi connectivity index (χ1v) is 6.19. The van der Waals surface area contributed by atoms with Gasteiger partial charge in [0.1, 0.15) is 0 Å². The Morgan fingerprint density at radius 1 is 1.72 bits per heavy atom. The molecule has 2 rings (SSSR count). The zero-order valence-corrected chi connectivity index (χ0v) is 10.4. The molecule has 1 aromatic rings. The van der Waals surface area contributed by atoms with E-state index >= 15 is 0 Å². The average Bonchev–Trinajstić information content (AvgIpc) is 2.82. The second-order valence-corrected chi connectivity index (χ2v) is 4.68. The molecule has 2 atom stereocenters. The van der Waals surface area contributed by atoms with Crippen LogP contribution in [0.3, 0.4) is 0 Å². The minimum atomic E-state index is -0.109. The average molecular weight is 250 g/mol. The fourth-order valence-electron chi connectivity index (χ4n) is 2.05. The Kier molecular flexibility index (Phi) is 3.96. The predicted octanol–water partition coefficient (Wildman–Crippen LogP) is -0.0860. The Morgan fingerprint density at radius 2 is 2.56 bits per heavy atom. The van der Waals surface area contributed by atoms with Crippen molar-refractivity contribution in [2.75, 3.05) is 6.54 Å². The number of nitrogens with one attached hydrogen (secondary N) is 2. The van der Waals surface area contributed by atoms with Crippen LogP contribution in [0.2, 0.25) is 0 Å². The SMILES string of the molecule is C[C@@H](Cn1cccn1)NC(=O)[C@H]1CCC(=O)NC1. The summed E-state index contributed by atoms with van der Waals surface area (Å²) in [4.78, 5) is 23.0. The first-order chi connectivity index (χ1) is 8.65. The maximum atomic E-state index is 12.0. The molecule has 0 radical (unpaired) electrons. The molecule has 1 fully saturated rings. The lowest BCUT2D eigenvalue weighted by Crippen LogP contribution is -2.46. The number of carbonyl (C=O) groups excluding carboxylic acids is 2. The third-order valence-electron chi connectivity index (χ3n) is 3.05. The van der Waals surface area contributed by atoms with Gasteiger partial charge in [0.05, 0.1) is 12.5 Å². The van der Waals surface area contributed by atoms with Crippen molar-refractivity contribution in [1.82, 2.24) is 20.4 Å². The Hall–Kier alpha value is -1.85. The van der Waals surface area contributed by atoms with Gasteiger partial charge in [0.2, 0.25) is 11.8 Å². The molecule has 2 heterocycles. The second kappa shape index (κ2) is 5.66. The molecule has 1 aliphatic heterocycles. The van der Waals surface area contributed by atoms with Crippen LogP contribution in [0.4, 0.5) is 0 Å². The van der Waals surface area contributed by atoms with Gasteiger partial charge in [-0.25, -0.2) is 0 Å². The summed E-state index contributed by atoms with van der Waals surface area (Å²) in [6.07, 6.45) is 4.65. The van der Waals surface area contributed by atoms with Crippen molar-refractivity contribution >= 4 is 11.8 Å². The summed E-state index contributed by atoms with van der Waals surface area (Å²) in [6.45, 7) is 3.04. The predicted molar refractivity (Wildman–Crippen MR) is 65.6 cm³/mol. The zero-order valence-electron chi connectivity index (χ0n) is 10.4. The lowest BCUT2D eigenvalue weighted by Gasteiger charge is -2.23. The first kappa shape index (κ1) is 12.6. The van der Waals surface area contributed by atoms with Gasteiger partial charge in [0.25, 0.3) is 0 Å². The number of carbonyl (C=O) groups is 2. The van der Waals surface area contributed by atoms with Crippen molar-refractivity contribution in [3.8, 4) is 0 Å². The third kappa shape index (κ3) is 3.32. The molecule has 98 valence electrons. The van der Waals surface area contributed by atoms with Crippen molar-refractivity contribution in [1.29, 1.82) is 0 Å². The number of amides is 2. The zero-order chi connectivity index (χ0) is 13.0. The maximum absolute atomic E-state index is 12.0. The van der Waals surface area contributed by atoms with E-state index in [1.165, 1.54) is 0 Å². The van der Waals surface area contributed by atoms with E-state index < -0.39 is 0 Å². The quantitative estimate of drug-likeness (QED) is 0.784. The van der Waals surface area contributed by atoms with Gasteiger partial charge < -0.3 is 10.6 Å². The van der Waals surface area contributed by atoms with Crippen molar-refractivity contribution in [2.24, 2.45) is 5.92 Å². The van der Waals surface area contributed by atoms with Gasteiger partial charge in [-0.2, -0.15) is 5.10 Å². The van der Waals surface area contributed by atoms with Crippen LogP contribution >= 0.6 is 0 Å². The van der Waals surface area contributed by atoms with Gasteiger partial charge in [-0.15, -0.1) is 0 Å². The van der Waals surface area contributed by atoms with Crippen LogP contribution in [-0.4, -0.2) is 34.2 Å². The van der Waals surface area contributed by atoms with Crippen molar-refractivity contribution < 1.29 is 9.59 Å². The van der Waals surface area contributed by atoms with E-state index in [2.05, 4.69) is 15.7 Å². The van der Waals surface area contributed by atoms with E-state index in [1.54, 1.807) is 10.9 Å². The van der Waals surface area contributed by atoms with Gasteiger partial charge in [0, 0.05) is 31.4 Å². The van der Waals surface area contributed by atoms with Crippen LogP contribution in [-0.2, 0) is 16.1 Å². The van der Waals surface area contributed by atoms with E-state index in [-0.39, 0.29) is 23.8 Å². The summed E-state index contributed by atoms with van der Waals surface area (Å²) in [7, 11) is 0. The van der Waals surface area contributed by atoms with Crippen LogP contribution in [0.15, 0.2) is 18.5 Å². The number of aromatic nitrogens is 2. The highest BCUT2D eigenvalue weighted by Gasteiger charge is 2.25. The molecule has 1 aromatic heterocycles. The van der Waals surface area contributed by atoms with E-state index in [0.717, 1.165) is 0 Å². The second-order valence-electron chi connectivity index (χ2n) is 4.68. The molecular formula is C12H18N4O2. The van der Waals surface area contributed by atoms with Gasteiger partial charge in [-0.1, -0.05) is 0 Å². The summed E-state index contributed by atoms with van der Waals surface area (Å²) in [5, 5.41) is 9.76. The lowest BCUT2D eigenvalue weighted by molar-refractivity contribution is -0.129. The molecule has 6 nitrogen and oxygen atoms in total. The lowest BCUT2D eigenvalue weighted by atomic mass is 9.98. The van der Waals surface area contributed by atoms with Crippen LogP contribution in [0.1, 0.15) is 19.8 Å². The maximum Gasteiger partial charge on any atom is 0.225 e. The van der Waals surface area contributed by atoms with Crippen LogP contribution < -0.4 is 10.6 Å². The van der Waals surface area contributed by atoms with E-state index in [4.69, 9.17) is 0 Å². The van der Waals surface area contributed by atoms with Gasteiger partial charge in [-0.3, -0.25) is 14.3 Å². The third-order valence-corrected chi connectivity index (χ3v) is 3.05. The molecule has 2 N–H and O–H groups in total. The highest BCUT2D eigenvalue weighted by molar-refractivity contribution is 5.83. The molecule has 18 heavy (non-hydrogen) atoms. The standard InChI is InChI=1S/C12H18N4O2/c1-9(8-16-6-2-5-14-16)15-12(18)10-3-4-11(17)13-7-10/h2,5-6,9-10H,3-4,7-8H2,1H3,(H,13,17)(H,15,18)/t9-,10-/m0/s1. The highest BCUT2D eigenvalue weighted by Crippen LogP contribution is 2.11. The van der Waals surface area contributed by atoms with Crippen molar-refractivity contribution in [3.05, 3.63) is 18.5 Å². The number of rotatable bonds is 4. The Morgan fingerprint density at radius 3 is 3.17 bits per heavy atom. The molecular weight excluding hydrogens is 232 g/mol. The minimum absolute atomic E-state index is 0.00894. The number of hydrogen-bond acceptors (Lipinski definition) is 3. The summed E-state index contributed by atoms with van der Waals surface area (Å²) in [5.41, 5.74) is 0. The fraction of sp³-hybridized carbons (Fsp3) is 0.583. The van der Waals surface area contributed by atoms with Crippen LogP contribution in [0.5, 0.6) is 0 Å².